The van der Waals surface area contributed by atoms with Gasteiger partial charge in [0.1, 0.15) is 5.76 Å². The molecule has 0 saturated carbocycles. The molecule has 14 heavy (non-hydrogen) atoms. The summed E-state index contributed by atoms with van der Waals surface area (Å²) in [6.07, 6.45) is 5.67. The van der Waals surface area contributed by atoms with Gasteiger partial charge >= 0.3 is 5.97 Å². The van der Waals surface area contributed by atoms with Gasteiger partial charge in [-0.05, 0) is 19.1 Å². The van der Waals surface area contributed by atoms with Crippen molar-refractivity contribution in [3.05, 3.63) is 35.1 Å². The maximum absolute atomic E-state index is 11.1. The van der Waals surface area contributed by atoms with Crippen LogP contribution in [0.5, 0.6) is 0 Å². The van der Waals surface area contributed by atoms with E-state index in [1.54, 1.807) is 12.2 Å². The topological polar surface area (TPSA) is 64.7 Å². The minimum atomic E-state index is -0.232. The van der Waals surface area contributed by atoms with Crippen LogP contribution in [0.1, 0.15) is 13.3 Å². The fourth-order valence-corrected chi connectivity index (χ4v) is 1.50. The van der Waals surface area contributed by atoms with Gasteiger partial charge in [0.15, 0.2) is 0 Å². The SMILES string of the molecule is CC1=C2C=CC(=NN)C=C2OC(=O)C1. The number of carbonyl (C=O) groups is 1. The van der Waals surface area contributed by atoms with E-state index in [4.69, 9.17) is 10.6 Å². The van der Waals surface area contributed by atoms with Crippen molar-refractivity contribution in [1.29, 1.82) is 0 Å². The van der Waals surface area contributed by atoms with Crippen LogP contribution in [0.2, 0.25) is 0 Å². The molecular formula is C10H10N2O2. The molecule has 2 rings (SSSR count). The molecule has 0 amide bonds. The van der Waals surface area contributed by atoms with Crippen molar-refractivity contribution in [3.8, 4) is 0 Å². The summed E-state index contributed by atoms with van der Waals surface area (Å²) in [5, 5.41) is 3.53. The predicted octanol–water partition coefficient (Wildman–Crippen LogP) is 1.02. The fraction of sp³-hybridized carbons (Fsp3) is 0.200. The molecule has 0 radical (unpaired) electrons. The highest BCUT2D eigenvalue weighted by atomic mass is 16.5. The van der Waals surface area contributed by atoms with Gasteiger partial charge in [0.25, 0.3) is 0 Å². The number of carbonyl (C=O) groups excluding carboxylic acids is 1. The number of rotatable bonds is 0. The third-order valence-corrected chi connectivity index (χ3v) is 2.21. The lowest BCUT2D eigenvalue weighted by Crippen LogP contribution is -2.16. The first-order valence-corrected chi connectivity index (χ1v) is 4.29. The predicted molar refractivity (Wildman–Crippen MR) is 52.3 cm³/mol. The van der Waals surface area contributed by atoms with Crippen LogP contribution >= 0.6 is 0 Å². The second kappa shape index (κ2) is 3.14. The number of ether oxygens (including phenoxy) is 1. The minimum Gasteiger partial charge on any atom is -0.426 e. The van der Waals surface area contributed by atoms with Crippen molar-refractivity contribution < 1.29 is 9.53 Å². The minimum absolute atomic E-state index is 0.232. The second-order valence-corrected chi connectivity index (χ2v) is 3.24. The number of esters is 1. The van der Waals surface area contributed by atoms with Crippen LogP contribution < -0.4 is 5.84 Å². The van der Waals surface area contributed by atoms with E-state index < -0.39 is 0 Å². The summed E-state index contributed by atoms with van der Waals surface area (Å²) >= 11 is 0. The smallest absolute Gasteiger partial charge is 0.315 e. The van der Waals surface area contributed by atoms with Gasteiger partial charge in [-0.3, -0.25) is 4.79 Å². The van der Waals surface area contributed by atoms with Gasteiger partial charge in [-0.2, -0.15) is 5.10 Å². The first kappa shape index (κ1) is 8.74. The quantitative estimate of drug-likeness (QED) is 0.352. The lowest BCUT2D eigenvalue weighted by atomic mass is 9.97. The van der Waals surface area contributed by atoms with E-state index in [1.807, 2.05) is 13.0 Å². The Labute approximate surface area is 81.4 Å². The van der Waals surface area contributed by atoms with Crippen LogP contribution in [0.3, 0.4) is 0 Å². The molecule has 0 aromatic carbocycles. The molecule has 0 fully saturated rings. The van der Waals surface area contributed by atoms with Crippen LogP contribution in [0, 0.1) is 0 Å². The number of allylic oxidation sites excluding steroid dienone is 3. The molecule has 0 unspecified atom stereocenters. The zero-order chi connectivity index (χ0) is 10.1. The van der Waals surface area contributed by atoms with Crippen LogP contribution in [-0.2, 0) is 9.53 Å². The summed E-state index contributed by atoms with van der Waals surface area (Å²) < 4.78 is 5.07. The van der Waals surface area contributed by atoms with Gasteiger partial charge in [-0.25, -0.2) is 0 Å². The zero-order valence-corrected chi connectivity index (χ0v) is 7.78. The van der Waals surface area contributed by atoms with E-state index in [9.17, 15) is 4.79 Å². The summed E-state index contributed by atoms with van der Waals surface area (Å²) in [5.74, 6) is 5.44. The van der Waals surface area contributed by atoms with Crippen molar-refractivity contribution in [3.63, 3.8) is 0 Å². The molecule has 72 valence electrons. The number of hydrogen-bond acceptors (Lipinski definition) is 4. The van der Waals surface area contributed by atoms with E-state index >= 15 is 0 Å². The van der Waals surface area contributed by atoms with Gasteiger partial charge < -0.3 is 10.6 Å². The molecular weight excluding hydrogens is 180 g/mol. The summed E-state index contributed by atoms with van der Waals surface area (Å²) in [5.41, 5.74) is 2.57. The maximum Gasteiger partial charge on any atom is 0.315 e. The zero-order valence-electron chi connectivity index (χ0n) is 7.78. The van der Waals surface area contributed by atoms with Crippen molar-refractivity contribution in [2.75, 3.05) is 0 Å². The summed E-state index contributed by atoms with van der Waals surface area (Å²) in [6.45, 7) is 1.92. The molecule has 4 heteroatoms. The molecule has 0 saturated heterocycles. The van der Waals surface area contributed by atoms with Gasteiger partial charge in [-0.1, -0.05) is 5.57 Å². The first-order chi connectivity index (χ1) is 6.70. The Morgan fingerprint density at radius 3 is 3.00 bits per heavy atom. The van der Waals surface area contributed by atoms with E-state index in [-0.39, 0.29) is 5.97 Å². The monoisotopic (exact) mass is 190 g/mol. The van der Waals surface area contributed by atoms with Gasteiger partial charge in [0.2, 0.25) is 0 Å². The highest BCUT2D eigenvalue weighted by Crippen LogP contribution is 2.28. The second-order valence-electron chi connectivity index (χ2n) is 3.24. The van der Waals surface area contributed by atoms with Gasteiger partial charge in [-0.15, -0.1) is 0 Å². The van der Waals surface area contributed by atoms with Crippen LogP contribution in [0.25, 0.3) is 0 Å². The highest BCUT2D eigenvalue weighted by molar-refractivity contribution is 6.06. The number of hydrogen-bond donors (Lipinski definition) is 1. The Morgan fingerprint density at radius 2 is 2.29 bits per heavy atom. The average molecular weight is 190 g/mol. The Morgan fingerprint density at radius 1 is 1.50 bits per heavy atom. The normalized spacial score (nSPS) is 23.4. The number of hydrazone groups is 1. The standard InChI is InChI=1S/C10H10N2O2/c1-6-4-10(13)14-9-5-7(12-11)2-3-8(6)9/h2-3,5H,4,11H2,1H3. The molecule has 0 bridgehead atoms. The lowest BCUT2D eigenvalue weighted by molar-refractivity contribution is -0.138. The van der Waals surface area contributed by atoms with Crippen LogP contribution in [-0.4, -0.2) is 11.7 Å². The number of nitrogens with two attached hydrogens (primary N) is 1. The Hall–Kier alpha value is -1.84. The molecule has 4 nitrogen and oxygen atoms in total. The van der Waals surface area contributed by atoms with Crippen molar-refractivity contribution in [2.24, 2.45) is 10.9 Å². The third-order valence-electron chi connectivity index (χ3n) is 2.21. The fourth-order valence-electron chi connectivity index (χ4n) is 1.50. The van der Waals surface area contributed by atoms with Crippen molar-refractivity contribution >= 4 is 11.7 Å². The van der Waals surface area contributed by atoms with E-state index in [0.717, 1.165) is 11.1 Å². The van der Waals surface area contributed by atoms with Crippen LogP contribution in [0.15, 0.2) is 40.2 Å². The number of fused-ring (bicyclic) bond motifs is 1. The van der Waals surface area contributed by atoms with Crippen molar-refractivity contribution in [2.45, 2.75) is 13.3 Å². The first-order valence-electron chi connectivity index (χ1n) is 4.29. The molecule has 1 aliphatic heterocycles. The molecule has 1 heterocycles. The van der Waals surface area contributed by atoms with E-state index in [1.165, 1.54) is 0 Å². The maximum atomic E-state index is 11.1. The molecule has 0 aromatic rings. The van der Waals surface area contributed by atoms with E-state index in [0.29, 0.717) is 17.9 Å². The van der Waals surface area contributed by atoms with Gasteiger partial charge in [0, 0.05) is 11.6 Å². The lowest BCUT2D eigenvalue weighted by Gasteiger charge is -2.20. The Balaban J connectivity index is 2.47. The molecule has 1 aliphatic carbocycles. The third kappa shape index (κ3) is 1.35. The van der Waals surface area contributed by atoms with Crippen molar-refractivity contribution in [1.82, 2.24) is 0 Å². The Kier molecular flexibility index (Phi) is 1.96. The number of nitrogens with zero attached hydrogens (tertiary/aromatic N) is 1. The summed E-state index contributed by atoms with van der Waals surface area (Å²) in [6, 6.07) is 0. The van der Waals surface area contributed by atoms with E-state index in [2.05, 4.69) is 5.10 Å². The van der Waals surface area contributed by atoms with Crippen LogP contribution in [0.4, 0.5) is 0 Å². The highest BCUT2D eigenvalue weighted by Gasteiger charge is 2.22. The molecule has 0 spiro atoms. The summed E-state index contributed by atoms with van der Waals surface area (Å²) in [4.78, 5) is 11.1. The molecule has 2 aliphatic rings. The molecule has 0 atom stereocenters. The Bertz CT molecular complexity index is 414. The molecule has 2 N–H and O–H groups in total. The summed E-state index contributed by atoms with van der Waals surface area (Å²) in [7, 11) is 0. The molecule has 0 aromatic heterocycles. The van der Waals surface area contributed by atoms with Gasteiger partial charge in [0.05, 0.1) is 12.1 Å². The largest absolute Gasteiger partial charge is 0.426 e. The average Bonchev–Trinajstić information content (AvgIpc) is 2.16.